The third-order valence-corrected chi connectivity index (χ3v) is 8.92. The van der Waals surface area contributed by atoms with E-state index >= 15 is 0 Å². The number of halogens is 6. The summed E-state index contributed by atoms with van der Waals surface area (Å²) in [7, 11) is -4.35. The van der Waals surface area contributed by atoms with Gasteiger partial charge >= 0.3 is 12.5 Å². The number of hydrogen-bond donors (Lipinski definition) is 2. The van der Waals surface area contributed by atoms with E-state index in [0.717, 1.165) is 36.4 Å². The molecule has 1 fully saturated rings. The number of rotatable bonds is 5. The molecule has 0 saturated carbocycles. The third-order valence-electron chi connectivity index (χ3n) is 6.29. The van der Waals surface area contributed by atoms with Crippen LogP contribution in [-0.2, 0) is 20.9 Å². The maximum Gasteiger partial charge on any atom is 0.573 e. The van der Waals surface area contributed by atoms with Crippen molar-refractivity contribution in [3.05, 3.63) is 72.3 Å². The fourth-order valence-corrected chi connectivity index (χ4v) is 6.81. The first-order chi connectivity index (χ1) is 18.7. The minimum absolute atomic E-state index is 0.127. The number of para-hydroxylation sites is 1. The van der Waals surface area contributed by atoms with Crippen molar-refractivity contribution in [2.75, 3.05) is 18.1 Å². The van der Waals surface area contributed by atoms with Crippen molar-refractivity contribution < 1.29 is 49.3 Å². The molecular weight excluding hydrogens is 586 g/mol. The van der Waals surface area contributed by atoms with Crippen LogP contribution in [0.15, 0.2) is 81.4 Å². The lowest BCUT2D eigenvalue weighted by atomic mass is 9.98. The number of fused-ring (bicyclic) bond motifs is 2. The summed E-state index contributed by atoms with van der Waals surface area (Å²) in [5, 5.41) is 11.3. The van der Waals surface area contributed by atoms with E-state index in [1.807, 2.05) is 0 Å². The van der Waals surface area contributed by atoms with Crippen LogP contribution in [0.4, 0.5) is 37.7 Å². The normalized spacial score (nSPS) is 21.5. The first-order valence-electron chi connectivity index (χ1n) is 11.6. The molecular formula is C25H20F6N2O5S2. The molecule has 5 rings (SSSR count). The molecule has 3 aromatic carbocycles. The van der Waals surface area contributed by atoms with Crippen molar-refractivity contribution in [1.29, 1.82) is 0 Å². The number of nitrogens with one attached hydrogen (secondary N) is 1. The minimum Gasteiger partial charge on any atom is -0.406 e. The fraction of sp³-hybridized carbons (Fsp3) is 0.280. The smallest absolute Gasteiger partial charge is 0.406 e. The zero-order valence-corrected chi connectivity index (χ0v) is 21.7. The average molecular weight is 607 g/mol. The molecule has 0 aromatic heterocycles. The molecule has 2 heterocycles. The highest BCUT2D eigenvalue weighted by Gasteiger charge is 2.42. The molecule has 0 spiro atoms. The first-order valence-corrected chi connectivity index (χ1v) is 13.9. The van der Waals surface area contributed by atoms with Gasteiger partial charge in [-0.15, -0.1) is 13.2 Å². The number of aliphatic hydroxyl groups excluding tert-OH is 1. The van der Waals surface area contributed by atoms with Crippen molar-refractivity contribution >= 4 is 33.2 Å². The predicted molar refractivity (Wildman–Crippen MR) is 132 cm³/mol. The van der Waals surface area contributed by atoms with Gasteiger partial charge in [0, 0.05) is 9.79 Å². The Hall–Kier alpha value is -2.98. The monoisotopic (exact) mass is 606 g/mol. The van der Waals surface area contributed by atoms with Crippen molar-refractivity contribution in [3.63, 3.8) is 0 Å². The van der Waals surface area contributed by atoms with Gasteiger partial charge in [0.15, 0.2) is 0 Å². The van der Waals surface area contributed by atoms with Gasteiger partial charge in [-0.2, -0.15) is 13.2 Å². The summed E-state index contributed by atoms with van der Waals surface area (Å²) in [5.74, 6) is -0.619. The van der Waals surface area contributed by atoms with Crippen LogP contribution in [0.1, 0.15) is 5.56 Å². The van der Waals surface area contributed by atoms with Crippen LogP contribution in [0.3, 0.4) is 0 Å². The number of nitrogens with zero attached hydrogens (tertiary/aromatic N) is 1. The average Bonchev–Trinajstić information content (AvgIpc) is 2.87. The van der Waals surface area contributed by atoms with Gasteiger partial charge in [-0.1, -0.05) is 23.9 Å². The lowest BCUT2D eigenvalue weighted by molar-refractivity contribution is -0.274. The lowest BCUT2D eigenvalue weighted by Crippen LogP contribution is -2.60. The lowest BCUT2D eigenvalue weighted by Gasteiger charge is -2.45. The number of anilines is 2. The van der Waals surface area contributed by atoms with E-state index in [9.17, 15) is 39.9 Å². The molecule has 2 aliphatic rings. The maximum atomic E-state index is 13.6. The molecule has 214 valence electrons. The van der Waals surface area contributed by atoms with Gasteiger partial charge in [0.05, 0.1) is 53.2 Å². The van der Waals surface area contributed by atoms with Crippen LogP contribution in [0.5, 0.6) is 5.75 Å². The first kappa shape index (κ1) is 28.5. The van der Waals surface area contributed by atoms with E-state index < -0.39 is 57.0 Å². The number of sulfonamides is 1. The van der Waals surface area contributed by atoms with Gasteiger partial charge in [0.25, 0.3) is 0 Å². The number of hydrogen-bond acceptors (Lipinski definition) is 7. The Morgan fingerprint density at radius 2 is 1.60 bits per heavy atom. The van der Waals surface area contributed by atoms with Crippen molar-refractivity contribution in [2.24, 2.45) is 0 Å². The highest BCUT2D eigenvalue weighted by Crippen LogP contribution is 2.51. The molecule has 40 heavy (non-hydrogen) atoms. The van der Waals surface area contributed by atoms with Crippen LogP contribution in [-0.4, -0.2) is 51.3 Å². The largest absolute Gasteiger partial charge is 0.573 e. The minimum atomic E-state index is -4.96. The molecule has 1 saturated heterocycles. The molecule has 2 aliphatic heterocycles. The van der Waals surface area contributed by atoms with Crippen LogP contribution in [0.2, 0.25) is 0 Å². The molecule has 7 nitrogen and oxygen atoms in total. The van der Waals surface area contributed by atoms with Gasteiger partial charge in [-0.3, -0.25) is 0 Å². The van der Waals surface area contributed by atoms with E-state index in [-0.39, 0.29) is 18.9 Å². The van der Waals surface area contributed by atoms with Gasteiger partial charge in [0.2, 0.25) is 10.0 Å². The Kier molecular flexibility index (Phi) is 7.46. The highest BCUT2D eigenvalue weighted by molar-refractivity contribution is 7.99. The molecule has 15 heteroatoms. The summed E-state index contributed by atoms with van der Waals surface area (Å²) in [5.41, 5.74) is -0.205. The predicted octanol–water partition coefficient (Wildman–Crippen LogP) is 5.31. The summed E-state index contributed by atoms with van der Waals surface area (Å²) in [6, 6.07) is 11.4. The second kappa shape index (κ2) is 10.4. The van der Waals surface area contributed by atoms with Crippen LogP contribution >= 0.6 is 11.8 Å². The summed E-state index contributed by atoms with van der Waals surface area (Å²) in [4.78, 5) is 2.34. The second-order valence-corrected chi connectivity index (χ2v) is 11.8. The SMILES string of the molecule is O=S(=O)(N[C@@H]1COC[C@H](N2c3ccccc3Sc3ccc(C(F)(F)F)cc32)[C@H]1O)c1ccc(OC(F)(F)F)cc1. The Labute approximate surface area is 228 Å². The standard InChI is InChI=1S/C25H20F6N2O5S2/c26-24(27,28)14-5-10-22-19(11-14)33(18-3-1-2-4-21(18)39-22)20-13-37-12-17(23(20)34)32-40(35,36)16-8-6-15(7-9-16)38-25(29,30)31/h1-11,17,20,23,32,34H,12-13H2/t17-,20+,23+/m1/s1. The summed E-state index contributed by atoms with van der Waals surface area (Å²) in [6.45, 7) is -0.386. The van der Waals surface area contributed by atoms with Crippen molar-refractivity contribution in [1.82, 2.24) is 4.72 Å². The molecule has 0 unspecified atom stereocenters. The zero-order chi connectivity index (χ0) is 28.9. The maximum absolute atomic E-state index is 13.6. The van der Waals surface area contributed by atoms with E-state index in [4.69, 9.17) is 4.74 Å². The van der Waals surface area contributed by atoms with E-state index in [0.29, 0.717) is 15.5 Å². The third kappa shape index (κ3) is 5.88. The Morgan fingerprint density at radius 1 is 0.925 bits per heavy atom. The van der Waals surface area contributed by atoms with Crippen molar-refractivity contribution in [2.45, 2.75) is 45.4 Å². The van der Waals surface area contributed by atoms with E-state index in [1.54, 1.807) is 24.3 Å². The van der Waals surface area contributed by atoms with E-state index in [2.05, 4.69) is 9.46 Å². The number of alkyl halides is 6. The van der Waals surface area contributed by atoms with Gasteiger partial charge in [-0.05, 0) is 54.6 Å². The van der Waals surface area contributed by atoms with Crippen LogP contribution in [0.25, 0.3) is 0 Å². The Morgan fingerprint density at radius 3 is 2.27 bits per heavy atom. The molecule has 0 aliphatic carbocycles. The number of ether oxygens (including phenoxy) is 2. The summed E-state index contributed by atoms with van der Waals surface area (Å²) >= 11 is 1.26. The van der Waals surface area contributed by atoms with Crippen molar-refractivity contribution in [3.8, 4) is 5.75 Å². The molecule has 0 bridgehead atoms. The van der Waals surface area contributed by atoms with Gasteiger partial charge < -0.3 is 19.5 Å². The molecule has 0 radical (unpaired) electrons. The number of benzene rings is 3. The van der Waals surface area contributed by atoms with Crippen LogP contribution < -0.4 is 14.4 Å². The Balaban J connectivity index is 1.44. The number of aliphatic hydroxyl groups is 1. The fourth-order valence-electron chi connectivity index (χ4n) is 4.52. The molecule has 2 N–H and O–H groups in total. The molecule has 3 atom stereocenters. The summed E-state index contributed by atoms with van der Waals surface area (Å²) in [6.07, 6.45) is -11.0. The quantitative estimate of drug-likeness (QED) is 0.381. The Bertz CT molecular complexity index is 1500. The highest BCUT2D eigenvalue weighted by atomic mass is 32.2. The summed E-state index contributed by atoms with van der Waals surface area (Å²) < 4.78 is 116. The topological polar surface area (TPSA) is 88.1 Å². The second-order valence-electron chi connectivity index (χ2n) is 8.96. The van der Waals surface area contributed by atoms with Gasteiger partial charge in [0.1, 0.15) is 5.75 Å². The van der Waals surface area contributed by atoms with E-state index in [1.165, 1.54) is 22.7 Å². The zero-order valence-electron chi connectivity index (χ0n) is 20.1. The van der Waals surface area contributed by atoms with Crippen LogP contribution in [0, 0.1) is 0 Å². The van der Waals surface area contributed by atoms with Gasteiger partial charge in [-0.25, -0.2) is 13.1 Å². The molecule has 3 aromatic rings. The molecule has 0 amide bonds.